The quantitative estimate of drug-likeness (QED) is 0.675. The Hall–Kier alpha value is -2.14. The topological polar surface area (TPSA) is 60.9 Å². The second-order valence-electron chi connectivity index (χ2n) is 4.17. The van der Waals surface area contributed by atoms with E-state index in [1.54, 1.807) is 18.3 Å². The van der Waals surface area contributed by atoms with Crippen molar-refractivity contribution in [3.05, 3.63) is 57.9 Å². The number of aromatic nitrogens is 3. The highest BCUT2D eigenvalue weighted by molar-refractivity contribution is 6.29. The molecule has 6 heteroatoms. The molecule has 96 valence electrons. The molecule has 0 aliphatic carbocycles. The number of pyridine rings is 2. The van der Waals surface area contributed by atoms with Crippen molar-refractivity contribution in [1.82, 2.24) is 14.5 Å². The summed E-state index contributed by atoms with van der Waals surface area (Å²) in [6.07, 6.45) is 3.56. The lowest BCUT2D eigenvalue weighted by Gasteiger charge is -2.18. The Morgan fingerprint density at radius 1 is 1.37 bits per heavy atom. The molecule has 0 fully saturated rings. The van der Waals surface area contributed by atoms with Crippen LogP contribution >= 0.6 is 11.6 Å². The molecule has 3 rings (SSSR count). The summed E-state index contributed by atoms with van der Waals surface area (Å²) in [4.78, 5) is 19.2. The molecule has 0 amide bonds. The average Bonchev–Trinajstić information content (AvgIpc) is 2.78. The molecule has 0 spiro atoms. The number of oxazole rings is 1. The highest BCUT2D eigenvalue weighted by Gasteiger charge is 2.18. The van der Waals surface area contributed by atoms with Crippen LogP contribution in [0.5, 0.6) is 0 Å². The van der Waals surface area contributed by atoms with Gasteiger partial charge in [0.2, 0.25) is 0 Å². The van der Waals surface area contributed by atoms with Crippen molar-refractivity contribution in [3.63, 3.8) is 0 Å². The zero-order valence-corrected chi connectivity index (χ0v) is 10.8. The number of rotatable bonds is 2. The third kappa shape index (κ3) is 2.13. The monoisotopic (exact) mass is 275 g/mol. The zero-order chi connectivity index (χ0) is 13.4. The fourth-order valence-electron chi connectivity index (χ4n) is 2.00. The van der Waals surface area contributed by atoms with Gasteiger partial charge in [0.25, 0.3) is 0 Å². The van der Waals surface area contributed by atoms with Gasteiger partial charge in [-0.2, -0.15) is 4.98 Å². The van der Waals surface area contributed by atoms with Gasteiger partial charge in [-0.15, -0.1) is 0 Å². The minimum Gasteiger partial charge on any atom is -0.405 e. The molecule has 1 unspecified atom stereocenters. The summed E-state index contributed by atoms with van der Waals surface area (Å²) < 4.78 is 6.86. The first kappa shape index (κ1) is 11.9. The van der Waals surface area contributed by atoms with Gasteiger partial charge in [0, 0.05) is 12.4 Å². The van der Waals surface area contributed by atoms with E-state index in [0.717, 1.165) is 5.56 Å². The number of nitrogens with zero attached hydrogens (tertiary/aromatic N) is 3. The number of hydrogen-bond donors (Lipinski definition) is 0. The maximum atomic E-state index is 11.2. The Bertz CT molecular complexity index is 732. The van der Waals surface area contributed by atoms with Crippen LogP contribution in [0, 0.1) is 0 Å². The third-order valence-electron chi connectivity index (χ3n) is 3.00. The van der Waals surface area contributed by atoms with Gasteiger partial charge < -0.3 is 8.98 Å². The first-order valence-electron chi connectivity index (χ1n) is 5.74. The number of hydrogen-bond acceptors (Lipinski definition) is 4. The molecule has 0 saturated heterocycles. The van der Waals surface area contributed by atoms with Gasteiger partial charge >= 0.3 is 5.76 Å². The molecule has 0 bridgehead atoms. The van der Waals surface area contributed by atoms with E-state index in [9.17, 15) is 4.79 Å². The average molecular weight is 276 g/mol. The van der Waals surface area contributed by atoms with Crippen LogP contribution in [0.4, 0.5) is 0 Å². The Morgan fingerprint density at radius 2 is 2.21 bits per heavy atom. The largest absolute Gasteiger partial charge is 0.441 e. The Labute approximate surface area is 113 Å². The molecule has 0 saturated carbocycles. The van der Waals surface area contributed by atoms with E-state index in [1.165, 1.54) is 0 Å². The van der Waals surface area contributed by atoms with E-state index < -0.39 is 5.76 Å². The van der Waals surface area contributed by atoms with Gasteiger partial charge in [-0.3, -0.25) is 0 Å². The van der Waals surface area contributed by atoms with Crippen molar-refractivity contribution in [3.8, 4) is 11.6 Å². The van der Waals surface area contributed by atoms with E-state index in [4.69, 9.17) is 16.0 Å². The summed E-state index contributed by atoms with van der Waals surface area (Å²) in [6, 6.07) is 7.12. The highest BCUT2D eigenvalue weighted by Crippen LogP contribution is 2.25. The van der Waals surface area contributed by atoms with E-state index in [2.05, 4.69) is 9.97 Å². The first-order chi connectivity index (χ1) is 9.15. The maximum Gasteiger partial charge on any atom is 0.441 e. The van der Waals surface area contributed by atoms with Crippen molar-refractivity contribution in [2.45, 2.75) is 13.0 Å². The van der Waals surface area contributed by atoms with Gasteiger partial charge in [-0.05, 0) is 30.7 Å². The highest BCUT2D eigenvalue weighted by atomic mass is 35.5. The van der Waals surface area contributed by atoms with Gasteiger partial charge in [0.05, 0.1) is 6.04 Å². The molecular formula is C13H10ClN3O2. The minimum absolute atomic E-state index is 0.0297. The molecule has 2 aliphatic heterocycles. The smallest absolute Gasteiger partial charge is 0.405 e. The Morgan fingerprint density at radius 3 is 2.95 bits per heavy atom. The molecule has 0 radical (unpaired) electrons. The molecule has 1 atom stereocenters. The first-order valence-corrected chi connectivity index (χ1v) is 6.12. The summed E-state index contributed by atoms with van der Waals surface area (Å²) in [7, 11) is 0. The second-order valence-corrected chi connectivity index (χ2v) is 4.56. The van der Waals surface area contributed by atoms with Crippen molar-refractivity contribution in [2.24, 2.45) is 0 Å². The number of halogens is 1. The Kier molecular flexibility index (Phi) is 2.83. The number of fused-ring (bicyclic) bond motifs is 1. The van der Waals surface area contributed by atoms with Crippen LogP contribution in [0.25, 0.3) is 11.6 Å². The van der Waals surface area contributed by atoms with Crippen LogP contribution in [0.3, 0.4) is 0 Å². The van der Waals surface area contributed by atoms with Crippen molar-refractivity contribution < 1.29 is 4.42 Å². The van der Waals surface area contributed by atoms with Crippen LogP contribution in [-0.4, -0.2) is 14.5 Å². The van der Waals surface area contributed by atoms with Crippen LogP contribution < -0.4 is 5.76 Å². The van der Waals surface area contributed by atoms with Crippen LogP contribution in [0.1, 0.15) is 18.5 Å². The van der Waals surface area contributed by atoms with Crippen LogP contribution in [0.2, 0.25) is 5.15 Å². The molecule has 1 aromatic heterocycles. The minimum atomic E-state index is -0.587. The summed E-state index contributed by atoms with van der Waals surface area (Å²) in [6.45, 7) is 1.99. The molecule has 1 aromatic rings. The standard InChI is InChI=1S/C13H10ClN3O2/c1-8(9-4-5-11(14)15-7-9)17-6-2-3-10-12(17)16-13(18)19-10/h2-8H,1H3. The van der Waals surface area contributed by atoms with Crippen molar-refractivity contribution in [2.75, 3.05) is 0 Å². The normalized spacial score (nSPS) is 12.7. The molecule has 5 nitrogen and oxygen atoms in total. The second kappa shape index (κ2) is 4.51. The predicted molar refractivity (Wildman–Crippen MR) is 70.4 cm³/mol. The zero-order valence-electron chi connectivity index (χ0n) is 10.1. The molecular weight excluding hydrogens is 266 g/mol. The fourth-order valence-corrected chi connectivity index (χ4v) is 2.11. The van der Waals surface area contributed by atoms with Gasteiger partial charge in [-0.1, -0.05) is 17.7 Å². The molecule has 0 N–H and O–H groups in total. The SMILES string of the molecule is CC(c1ccc(Cl)nc1)n1cccc2oc(=O)nc1-2. The van der Waals surface area contributed by atoms with Crippen molar-refractivity contribution >= 4 is 11.6 Å². The van der Waals surface area contributed by atoms with E-state index >= 15 is 0 Å². The summed E-state index contributed by atoms with van der Waals surface area (Å²) in [5, 5.41) is 0.447. The predicted octanol–water partition coefficient (Wildman–Crippen LogP) is 2.60. The van der Waals surface area contributed by atoms with Gasteiger partial charge in [0.15, 0.2) is 11.6 Å². The molecule has 3 heterocycles. The summed E-state index contributed by atoms with van der Waals surface area (Å²) in [5.74, 6) is 0.410. The van der Waals surface area contributed by atoms with Gasteiger partial charge in [-0.25, -0.2) is 9.78 Å². The van der Waals surface area contributed by atoms with E-state index in [1.807, 2.05) is 29.8 Å². The molecule has 19 heavy (non-hydrogen) atoms. The summed E-state index contributed by atoms with van der Waals surface area (Å²) >= 11 is 5.77. The van der Waals surface area contributed by atoms with Crippen molar-refractivity contribution in [1.29, 1.82) is 0 Å². The van der Waals surface area contributed by atoms with E-state index in [0.29, 0.717) is 16.7 Å². The lowest BCUT2D eigenvalue weighted by molar-refractivity contribution is 0.527. The van der Waals surface area contributed by atoms with Crippen LogP contribution in [0.15, 0.2) is 45.9 Å². The molecule has 0 aromatic carbocycles. The molecule has 2 aliphatic rings. The fraction of sp³-hybridized carbons (Fsp3) is 0.154. The lowest BCUT2D eigenvalue weighted by Crippen LogP contribution is -2.11. The van der Waals surface area contributed by atoms with E-state index in [-0.39, 0.29) is 6.04 Å². The lowest BCUT2D eigenvalue weighted by atomic mass is 10.1. The van der Waals surface area contributed by atoms with Crippen LogP contribution in [-0.2, 0) is 0 Å². The summed E-state index contributed by atoms with van der Waals surface area (Å²) in [5.41, 5.74) is 0.970. The van der Waals surface area contributed by atoms with Gasteiger partial charge in [0.1, 0.15) is 5.15 Å². The Balaban J connectivity index is 2.09. The maximum absolute atomic E-state index is 11.2. The third-order valence-corrected chi connectivity index (χ3v) is 3.23.